The van der Waals surface area contributed by atoms with Gasteiger partial charge in [-0.05, 0) is 59.0 Å². The van der Waals surface area contributed by atoms with Crippen molar-refractivity contribution < 1.29 is 9.47 Å². The number of hydrogen-bond acceptors (Lipinski definition) is 4. The third-order valence-corrected chi connectivity index (χ3v) is 5.22. The second-order valence-electron chi connectivity index (χ2n) is 7.70. The topological polar surface area (TPSA) is 58.1 Å². The molecule has 1 unspecified atom stereocenters. The van der Waals surface area contributed by atoms with Gasteiger partial charge in [-0.1, -0.05) is 12.8 Å². The van der Waals surface area contributed by atoms with Crippen LogP contribution in [-0.2, 0) is 9.47 Å². The molecule has 0 spiro atoms. The van der Waals surface area contributed by atoms with Crippen molar-refractivity contribution in [2.75, 3.05) is 60.6 Å². The van der Waals surface area contributed by atoms with Crippen molar-refractivity contribution >= 4 is 29.9 Å². The highest BCUT2D eigenvalue weighted by Crippen LogP contribution is 2.41. The first-order valence-electron chi connectivity index (χ1n) is 10.3. The molecule has 7 heteroatoms. The summed E-state index contributed by atoms with van der Waals surface area (Å²) in [6.07, 6.45) is 7.51. The Kier molecular flexibility index (Phi) is 15.7. The van der Waals surface area contributed by atoms with E-state index in [2.05, 4.69) is 43.5 Å². The van der Waals surface area contributed by atoms with Crippen LogP contribution in [0.15, 0.2) is 4.99 Å². The van der Waals surface area contributed by atoms with E-state index in [1.807, 2.05) is 0 Å². The van der Waals surface area contributed by atoms with E-state index in [0.29, 0.717) is 5.41 Å². The minimum absolute atomic E-state index is 0. The average molecular weight is 498 g/mol. The van der Waals surface area contributed by atoms with Crippen molar-refractivity contribution in [3.8, 4) is 0 Å². The van der Waals surface area contributed by atoms with Gasteiger partial charge >= 0.3 is 0 Å². The van der Waals surface area contributed by atoms with Crippen LogP contribution in [-0.4, -0.2) is 77.6 Å². The van der Waals surface area contributed by atoms with Crippen molar-refractivity contribution in [2.45, 2.75) is 58.5 Å². The Morgan fingerprint density at radius 2 is 1.89 bits per heavy atom. The van der Waals surface area contributed by atoms with Gasteiger partial charge in [-0.2, -0.15) is 0 Å². The molecule has 1 fully saturated rings. The lowest BCUT2D eigenvalue weighted by molar-refractivity contribution is 0.0548. The molecule has 0 aromatic heterocycles. The molecule has 6 nitrogen and oxygen atoms in total. The summed E-state index contributed by atoms with van der Waals surface area (Å²) in [6, 6.07) is 0. The highest BCUT2D eigenvalue weighted by molar-refractivity contribution is 14.0. The van der Waals surface area contributed by atoms with E-state index < -0.39 is 0 Å². The molecule has 1 aliphatic carbocycles. The van der Waals surface area contributed by atoms with Crippen LogP contribution in [0.4, 0.5) is 0 Å². The minimum atomic E-state index is 0. The summed E-state index contributed by atoms with van der Waals surface area (Å²) in [5.74, 6) is 0.908. The van der Waals surface area contributed by atoms with Crippen molar-refractivity contribution in [1.29, 1.82) is 0 Å². The zero-order valence-electron chi connectivity index (χ0n) is 18.2. The number of halogens is 1. The molecule has 1 atom stereocenters. The molecule has 0 amide bonds. The van der Waals surface area contributed by atoms with Gasteiger partial charge in [-0.25, -0.2) is 0 Å². The molecule has 1 aliphatic rings. The standard InChI is InChI=1S/C20H42N4O2.HI/c1-6-21-19(22-16-18(26-7-2)10-14-24(3)4)23-17-20(13-15-25-5)11-8-9-12-20;/h18H,6-17H2,1-5H3,(H2,21,22,23);1H. The number of nitrogens with zero attached hydrogens (tertiary/aromatic N) is 2. The second-order valence-corrected chi connectivity index (χ2v) is 7.70. The van der Waals surface area contributed by atoms with E-state index >= 15 is 0 Å². The first kappa shape index (κ1) is 26.9. The maximum atomic E-state index is 5.88. The third kappa shape index (κ3) is 11.5. The number of nitrogens with one attached hydrogen (secondary N) is 2. The highest BCUT2D eigenvalue weighted by Gasteiger charge is 2.33. The van der Waals surface area contributed by atoms with Gasteiger partial charge in [0.1, 0.15) is 0 Å². The maximum Gasteiger partial charge on any atom is 0.191 e. The summed E-state index contributed by atoms with van der Waals surface area (Å²) < 4.78 is 11.2. The molecule has 0 saturated heterocycles. The molecular weight excluding hydrogens is 455 g/mol. The molecule has 162 valence electrons. The first-order valence-corrected chi connectivity index (χ1v) is 10.3. The zero-order chi connectivity index (χ0) is 19.3. The van der Waals surface area contributed by atoms with Crippen LogP contribution in [0, 0.1) is 5.41 Å². The van der Waals surface area contributed by atoms with Crippen LogP contribution < -0.4 is 10.6 Å². The summed E-state index contributed by atoms with van der Waals surface area (Å²) in [7, 11) is 5.99. The van der Waals surface area contributed by atoms with Gasteiger partial charge < -0.3 is 25.0 Å². The summed E-state index contributed by atoms with van der Waals surface area (Å²) in [5.41, 5.74) is 0.322. The summed E-state index contributed by atoms with van der Waals surface area (Å²) >= 11 is 0. The Balaban J connectivity index is 0.00000676. The van der Waals surface area contributed by atoms with Gasteiger partial charge in [0.25, 0.3) is 0 Å². The van der Waals surface area contributed by atoms with Gasteiger partial charge in [0.15, 0.2) is 5.96 Å². The van der Waals surface area contributed by atoms with E-state index in [-0.39, 0.29) is 30.1 Å². The van der Waals surface area contributed by atoms with E-state index in [4.69, 9.17) is 14.5 Å². The predicted molar refractivity (Wildman–Crippen MR) is 125 cm³/mol. The lowest BCUT2D eigenvalue weighted by Gasteiger charge is -2.27. The lowest BCUT2D eigenvalue weighted by atomic mass is 9.83. The molecule has 0 aromatic rings. The first-order chi connectivity index (χ1) is 12.5. The molecule has 27 heavy (non-hydrogen) atoms. The van der Waals surface area contributed by atoms with Crippen molar-refractivity contribution in [1.82, 2.24) is 15.5 Å². The summed E-state index contributed by atoms with van der Waals surface area (Å²) in [4.78, 5) is 7.12. The Morgan fingerprint density at radius 1 is 1.19 bits per heavy atom. The number of guanidine groups is 1. The Labute approximate surface area is 184 Å². The van der Waals surface area contributed by atoms with Gasteiger partial charge in [-0.3, -0.25) is 4.99 Å². The molecule has 0 aromatic carbocycles. The van der Waals surface area contributed by atoms with Crippen LogP contribution in [0.1, 0.15) is 52.4 Å². The predicted octanol–water partition coefficient (Wildman–Crippen LogP) is 3.11. The van der Waals surface area contributed by atoms with Gasteiger partial charge in [0.05, 0.1) is 6.10 Å². The maximum absolute atomic E-state index is 5.88. The molecular formula is C20H43IN4O2. The quantitative estimate of drug-likeness (QED) is 0.232. The minimum Gasteiger partial charge on any atom is -0.385 e. The fraction of sp³-hybridized carbons (Fsp3) is 0.950. The van der Waals surface area contributed by atoms with E-state index in [1.54, 1.807) is 7.11 Å². The smallest absolute Gasteiger partial charge is 0.191 e. The number of ether oxygens (including phenoxy) is 2. The fourth-order valence-electron chi connectivity index (χ4n) is 3.61. The lowest BCUT2D eigenvalue weighted by Crippen LogP contribution is -2.43. The fourth-order valence-corrected chi connectivity index (χ4v) is 3.61. The van der Waals surface area contributed by atoms with Crippen LogP contribution >= 0.6 is 24.0 Å². The SMILES string of the molecule is CCNC(=NCC1(CCOC)CCCC1)NCC(CCN(C)C)OCC.I. The Bertz CT molecular complexity index is 388. The van der Waals surface area contributed by atoms with Crippen LogP contribution in [0.25, 0.3) is 0 Å². The number of methoxy groups -OCH3 is 1. The number of hydrogen-bond donors (Lipinski definition) is 2. The summed E-state index contributed by atoms with van der Waals surface area (Å²) in [5, 5.41) is 6.87. The number of aliphatic imine (C=N–C) groups is 1. The second kappa shape index (κ2) is 15.8. The van der Waals surface area contributed by atoms with Crippen LogP contribution in [0.2, 0.25) is 0 Å². The molecule has 0 bridgehead atoms. The van der Waals surface area contributed by atoms with E-state index in [9.17, 15) is 0 Å². The molecule has 1 rings (SSSR count). The number of rotatable bonds is 13. The van der Waals surface area contributed by atoms with Gasteiger partial charge in [0, 0.05) is 46.5 Å². The monoisotopic (exact) mass is 498 g/mol. The van der Waals surface area contributed by atoms with Crippen molar-refractivity contribution in [3.63, 3.8) is 0 Å². The molecule has 0 heterocycles. The van der Waals surface area contributed by atoms with Gasteiger partial charge in [0.2, 0.25) is 0 Å². The molecule has 0 aliphatic heterocycles. The van der Waals surface area contributed by atoms with Crippen molar-refractivity contribution in [2.24, 2.45) is 10.4 Å². The van der Waals surface area contributed by atoms with E-state index in [0.717, 1.165) is 58.2 Å². The van der Waals surface area contributed by atoms with Crippen LogP contribution in [0.3, 0.4) is 0 Å². The normalized spacial score (nSPS) is 17.6. The Morgan fingerprint density at radius 3 is 2.44 bits per heavy atom. The third-order valence-electron chi connectivity index (χ3n) is 5.22. The largest absolute Gasteiger partial charge is 0.385 e. The molecule has 1 saturated carbocycles. The van der Waals surface area contributed by atoms with E-state index in [1.165, 1.54) is 25.7 Å². The van der Waals surface area contributed by atoms with Crippen molar-refractivity contribution in [3.05, 3.63) is 0 Å². The highest BCUT2D eigenvalue weighted by atomic mass is 127. The average Bonchev–Trinajstić information content (AvgIpc) is 3.09. The summed E-state index contributed by atoms with van der Waals surface area (Å²) in [6.45, 7) is 9.31. The Hall–Kier alpha value is -0.120. The zero-order valence-corrected chi connectivity index (χ0v) is 20.5. The van der Waals surface area contributed by atoms with Crippen LogP contribution in [0.5, 0.6) is 0 Å². The molecule has 0 radical (unpaired) electrons. The van der Waals surface area contributed by atoms with Gasteiger partial charge in [-0.15, -0.1) is 24.0 Å². The molecule has 2 N–H and O–H groups in total.